The molecule has 0 radical (unpaired) electrons. The summed E-state index contributed by atoms with van der Waals surface area (Å²) in [5.41, 5.74) is 0.145. The van der Waals surface area contributed by atoms with Crippen LogP contribution in [-0.2, 0) is 12.7 Å². The van der Waals surface area contributed by atoms with Crippen molar-refractivity contribution in [1.82, 2.24) is 20.5 Å². The van der Waals surface area contributed by atoms with Crippen molar-refractivity contribution in [3.8, 4) is 0 Å². The number of hydrogen-bond donors (Lipinski definition) is 2. The number of hydrogen-bond acceptors (Lipinski definition) is 3. The summed E-state index contributed by atoms with van der Waals surface area (Å²) in [5, 5.41) is 9.56. The fourth-order valence-electron chi connectivity index (χ4n) is 1.64. The molecule has 1 aromatic heterocycles. The highest BCUT2D eigenvalue weighted by Crippen LogP contribution is 2.29. The zero-order chi connectivity index (χ0) is 13.9. The lowest BCUT2D eigenvalue weighted by atomic mass is 10.1. The van der Waals surface area contributed by atoms with E-state index in [-0.39, 0.29) is 6.04 Å². The minimum Gasteiger partial charge on any atom is -0.303 e. The largest absolute Gasteiger partial charge is 0.416 e. The maximum absolute atomic E-state index is 12.4. The monoisotopic (exact) mass is 270 g/mol. The highest BCUT2D eigenvalue weighted by atomic mass is 19.4. The standard InChI is InChI=1S/C12H13F3N4/c1-8(16-6-11-17-7-18-19-11)9-2-4-10(5-3-9)12(13,14)15/h2-5,7-8,16H,6H2,1H3,(H,17,18,19). The van der Waals surface area contributed by atoms with Crippen LogP contribution in [0.25, 0.3) is 0 Å². The van der Waals surface area contributed by atoms with Crippen molar-refractivity contribution < 1.29 is 13.2 Å². The van der Waals surface area contributed by atoms with Gasteiger partial charge in [-0.1, -0.05) is 12.1 Å². The highest BCUT2D eigenvalue weighted by Gasteiger charge is 2.30. The van der Waals surface area contributed by atoms with Crippen LogP contribution in [0.15, 0.2) is 30.6 Å². The van der Waals surface area contributed by atoms with Crippen LogP contribution in [0.4, 0.5) is 13.2 Å². The molecule has 1 atom stereocenters. The smallest absolute Gasteiger partial charge is 0.303 e. The van der Waals surface area contributed by atoms with Crippen molar-refractivity contribution in [3.63, 3.8) is 0 Å². The van der Waals surface area contributed by atoms with E-state index in [0.717, 1.165) is 17.7 Å². The highest BCUT2D eigenvalue weighted by molar-refractivity contribution is 5.26. The summed E-state index contributed by atoms with van der Waals surface area (Å²) in [6.45, 7) is 2.35. The molecule has 7 heteroatoms. The Morgan fingerprint density at radius 1 is 1.26 bits per heavy atom. The lowest BCUT2D eigenvalue weighted by Gasteiger charge is -2.14. The van der Waals surface area contributed by atoms with E-state index in [4.69, 9.17) is 0 Å². The minimum atomic E-state index is -4.30. The molecule has 0 aliphatic carbocycles. The molecule has 4 nitrogen and oxygen atoms in total. The van der Waals surface area contributed by atoms with Gasteiger partial charge in [-0.05, 0) is 24.6 Å². The van der Waals surface area contributed by atoms with Crippen molar-refractivity contribution >= 4 is 0 Å². The van der Waals surface area contributed by atoms with E-state index < -0.39 is 11.7 Å². The number of aromatic amines is 1. The molecule has 0 aliphatic heterocycles. The lowest BCUT2D eigenvalue weighted by molar-refractivity contribution is -0.137. The summed E-state index contributed by atoms with van der Waals surface area (Å²) in [6.07, 6.45) is -2.89. The van der Waals surface area contributed by atoms with Gasteiger partial charge >= 0.3 is 6.18 Å². The van der Waals surface area contributed by atoms with Crippen molar-refractivity contribution in [2.24, 2.45) is 0 Å². The van der Waals surface area contributed by atoms with E-state index in [1.165, 1.54) is 18.5 Å². The molecule has 2 N–H and O–H groups in total. The van der Waals surface area contributed by atoms with E-state index in [9.17, 15) is 13.2 Å². The number of alkyl halides is 3. The third-order valence-electron chi connectivity index (χ3n) is 2.78. The molecular weight excluding hydrogens is 257 g/mol. The van der Waals surface area contributed by atoms with Gasteiger partial charge in [0, 0.05) is 6.04 Å². The van der Waals surface area contributed by atoms with Gasteiger partial charge in [0.1, 0.15) is 12.2 Å². The van der Waals surface area contributed by atoms with E-state index in [0.29, 0.717) is 12.4 Å². The Hall–Kier alpha value is -1.89. The number of benzene rings is 1. The first-order valence-electron chi connectivity index (χ1n) is 5.71. The first kappa shape index (κ1) is 13.5. The summed E-state index contributed by atoms with van der Waals surface area (Å²) >= 11 is 0. The second-order valence-electron chi connectivity index (χ2n) is 4.15. The predicted octanol–water partition coefficient (Wildman–Crippen LogP) is 2.67. The van der Waals surface area contributed by atoms with Gasteiger partial charge in [-0.25, -0.2) is 4.98 Å². The summed E-state index contributed by atoms with van der Waals surface area (Å²) < 4.78 is 37.3. The Morgan fingerprint density at radius 3 is 2.47 bits per heavy atom. The minimum absolute atomic E-state index is 0.0765. The van der Waals surface area contributed by atoms with Crippen LogP contribution in [0.5, 0.6) is 0 Å². The molecule has 2 aromatic rings. The maximum Gasteiger partial charge on any atom is 0.416 e. The first-order valence-corrected chi connectivity index (χ1v) is 5.71. The summed E-state index contributed by atoms with van der Waals surface area (Å²) in [5.74, 6) is 0.679. The Kier molecular flexibility index (Phi) is 3.84. The molecule has 0 spiro atoms. The van der Waals surface area contributed by atoms with Crippen LogP contribution in [0.3, 0.4) is 0 Å². The predicted molar refractivity (Wildman–Crippen MR) is 63.1 cm³/mol. The molecule has 1 unspecified atom stereocenters. The second-order valence-corrected chi connectivity index (χ2v) is 4.15. The number of H-pyrrole nitrogens is 1. The third kappa shape index (κ3) is 3.54. The molecule has 19 heavy (non-hydrogen) atoms. The second kappa shape index (κ2) is 5.40. The van der Waals surface area contributed by atoms with Crippen LogP contribution in [-0.4, -0.2) is 15.2 Å². The van der Waals surface area contributed by atoms with Gasteiger partial charge in [0.05, 0.1) is 12.1 Å². The van der Waals surface area contributed by atoms with Gasteiger partial charge in [-0.15, -0.1) is 0 Å². The molecule has 1 heterocycles. The topological polar surface area (TPSA) is 53.6 Å². The molecule has 1 aromatic carbocycles. The van der Waals surface area contributed by atoms with Gasteiger partial charge in [0.25, 0.3) is 0 Å². The zero-order valence-corrected chi connectivity index (χ0v) is 10.2. The maximum atomic E-state index is 12.4. The molecule has 0 fully saturated rings. The third-order valence-corrected chi connectivity index (χ3v) is 2.78. The van der Waals surface area contributed by atoms with Crippen molar-refractivity contribution in [1.29, 1.82) is 0 Å². The van der Waals surface area contributed by atoms with Crippen molar-refractivity contribution in [2.75, 3.05) is 0 Å². The summed E-state index contributed by atoms with van der Waals surface area (Å²) in [6, 6.07) is 5.04. The van der Waals surface area contributed by atoms with Crippen molar-refractivity contribution in [3.05, 3.63) is 47.5 Å². The average molecular weight is 270 g/mol. The number of aromatic nitrogens is 3. The fourth-order valence-corrected chi connectivity index (χ4v) is 1.64. The van der Waals surface area contributed by atoms with Crippen LogP contribution >= 0.6 is 0 Å². The Labute approximate surface area is 108 Å². The van der Waals surface area contributed by atoms with E-state index in [1.807, 2.05) is 6.92 Å². The van der Waals surface area contributed by atoms with E-state index >= 15 is 0 Å². The normalized spacial score (nSPS) is 13.5. The first-order chi connectivity index (χ1) is 8.97. The Bertz CT molecular complexity index is 505. The van der Waals surface area contributed by atoms with Crippen LogP contribution in [0.1, 0.15) is 29.9 Å². The quantitative estimate of drug-likeness (QED) is 0.898. The number of nitrogens with one attached hydrogen (secondary N) is 2. The average Bonchev–Trinajstić information content (AvgIpc) is 2.88. The molecular formula is C12H13F3N4. The van der Waals surface area contributed by atoms with Gasteiger partial charge < -0.3 is 5.32 Å². The van der Waals surface area contributed by atoms with Crippen LogP contribution in [0, 0.1) is 0 Å². The number of nitrogens with zero attached hydrogens (tertiary/aromatic N) is 2. The number of rotatable bonds is 4. The molecule has 102 valence electrons. The Morgan fingerprint density at radius 2 is 1.95 bits per heavy atom. The van der Waals surface area contributed by atoms with Gasteiger partial charge in [0.2, 0.25) is 0 Å². The molecule has 2 rings (SSSR count). The summed E-state index contributed by atoms with van der Waals surface area (Å²) in [7, 11) is 0. The van der Waals surface area contributed by atoms with Gasteiger partial charge in [0.15, 0.2) is 0 Å². The molecule has 0 amide bonds. The van der Waals surface area contributed by atoms with Gasteiger partial charge in [-0.3, -0.25) is 5.10 Å². The van der Waals surface area contributed by atoms with Crippen LogP contribution < -0.4 is 5.32 Å². The van der Waals surface area contributed by atoms with Gasteiger partial charge in [-0.2, -0.15) is 18.3 Å². The zero-order valence-electron chi connectivity index (χ0n) is 10.2. The Balaban J connectivity index is 1.97. The van der Waals surface area contributed by atoms with Crippen molar-refractivity contribution in [2.45, 2.75) is 25.7 Å². The van der Waals surface area contributed by atoms with Crippen LogP contribution in [0.2, 0.25) is 0 Å². The molecule has 0 saturated heterocycles. The lowest BCUT2D eigenvalue weighted by Crippen LogP contribution is -2.19. The van der Waals surface area contributed by atoms with E-state index in [1.54, 1.807) is 0 Å². The molecule has 0 saturated carbocycles. The van der Waals surface area contributed by atoms with E-state index in [2.05, 4.69) is 20.5 Å². The molecule has 0 bridgehead atoms. The number of halogens is 3. The SMILES string of the molecule is CC(NCc1ncn[nH]1)c1ccc(C(F)(F)F)cc1. The fraction of sp³-hybridized carbons (Fsp3) is 0.333. The molecule has 0 aliphatic rings. The summed E-state index contributed by atoms with van der Waals surface area (Å²) in [4.78, 5) is 3.95.